The highest BCUT2D eigenvalue weighted by molar-refractivity contribution is 7.99. The van der Waals surface area contributed by atoms with Crippen LogP contribution >= 0.6 is 23.5 Å². The molecule has 186 valence electrons. The molecule has 0 bridgehead atoms. The van der Waals surface area contributed by atoms with Crippen LogP contribution in [0.5, 0.6) is 0 Å². The number of rotatable bonds is 19. The largest absolute Gasteiger partial charge is 0.285 e. The molecule has 0 aliphatic carbocycles. The maximum atomic E-state index is 12.7. The lowest BCUT2D eigenvalue weighted by atomic mass is 10.0. The normalized spacial score (nSPS) is 11.0. The summed E-state index contributed by atoms with van der Waals surface area (Å²) in [5, 5.41) is 0. The number of ketones is 2. The molecule has 0 atom stereocenters. The van der Waals surface area contributed by atoms with Gasteiger partial charge in [-0.1, -0.05) is 78.1 Å². The predicted octanol–water partition coefficient (Wildman–Crippen LogP) is 9.66. The molecule has 34 heavy (non-hydrogen) atoms. The van der Waals surface area contributed by atoms with E-state index in [1.165, 1.54) is 77.0 Å². The van der Waals surface area contributed by atoms with Crippen LogP contribution in [0.2, 0.25) is 0 Å². The minimum absolute atomic E-state index is 0.431. The molecule has 0 N–H and O–H groups in total. The van der Waals surface area contributed by atoms with E-state index in [1.54, 1.807) is 24.3 Å². The predicted molar refractivity (Wildman–Crippen MR) is 150 cm³/mol. The standard InChI is InChI=1S/C30H42O2S2/c1-3-5-7-9-11-13-23-33-27-19-15-25(16-20-27)29(31)30(32)26-17-21-28(22-18-26)34-24-14-12-10-8-6-4-2/h15-22H,3-14,23-24H2,1-2H3. The Morgan fingerprint density at radius 3 is 1.18 bits per heavy atom. The maximum Gasteiger partial charge on any atom is 0.233 e. The zero-order chi connectivity index (χ0) is 24.4. The molecule has 0 radical (unpaired) electrons. The second-order valence-corrected chi connectivity index (χ2v) is 11.3. The van der Waals surface area contributed by atoms with Crippen LogP contribution in [0.4, 0.5) is 0 Å². The summed E-state index contributed by atoms with van der Waals surface area (Å²) in [6, 6.07) is 15.0. The molecular formula is C30H42O2S2. The second-order valence-electron chi connectivity index (χ2n) is 8.94. The van der Waals surface area contributed by atoms with Crippen molar-refractivity contribution in [1.82, 2.24) is 0 Å². The van der Waals surface area contributed by atoms with Crippen molar-refractivity contribution in [2.45, 2.75) is 101 Å². The first-order chi connectivity index (χ1) is 16.7. The molecule has 0 amide bonds. The molecule has 2 aromatic rings. The van der Waals surface area contributed by atoms with Gasteiger partial charge in [-0.2, -0.15) is 0 Å². The summed E-state index contributed by atoms with van der Waals surface area (Å²) in [5.41, 5.74) is 0.936. The fourth-order valence-corrected chi connectivity index (χ4v) is 5.64. The Morgan fingerprint density at radius 2 is 0.824 bits per heavy atom. The highest BCUT2D eigenvalue weighted by Gasteiger charge is 2.18. The van der Waals surface area contributed by atoms with Crippen molar-refractivity contribution >= 4 is 35.1 Å². The van der Waals surface area contributed by atoms with E-state index in [1.807, 2.05) is 47.8 Å². The van der Waals surface area contributed by atoms with E-state index in [0.29, 0.717) is 11.1 Å². The van der Waals surface area contributed by atoms with Crippen LogP contribution in [-0.4, -0.2) is 23.1 Å². The molecule has 0 aliphatic rings. The van der Waals surface area contributed by atoms with Gasteiger partial charge in [0.2, 0.25) is 11.6 Å². The van der Waals surface area contributed by atoms with E-state index in [-0.39, 0.29) is 0 Å². The topological polar surface area (TPSA) is 34.1 Å². The van der Waals surface area contributed by atoms with E-state index in [2.05, 4.69) is 13.8 Å². The lowest BCUT2D eigenvalue weighted by Gasteiger charge is -2.06. The van der Waals surface area contributed by atoms with E-state index < -0.39 is 11.6 Å². The second kappa shape index (κ2) is 17.8. The van der Waals surface area contributed by atoms with Crippen LogP contribution in [0, 0.1) is 0 Å². The Hall–Kier alpha value is -1.52. The van der Waals surface area contributed by atoms with Gasteiger partial charge in [0.15, 0.2) is 0 Å². The summed E-state index contributed by atoms with van der Waals surface area (Å²) >= 11 is 3.65. The van der Waals surface area contributed by atoms with Gasteiger partial charge < -0.3 is 0 Å². The Bertz CT molecular complexity index is 756. The molecule has 2 nitrogen and oxygen atoms in total. The van der Waals surface area contributed by atoms with Crippen LogP contribution in [0.1, 0.15) is 112 Å². The van der Waals surface area contributed by atoms with Gasteiger partial charge in [-0.3, -0.25) is 9.59 Å². The van der Waals surface area contributed by atoms with Crippen molar-refractivity contribution in [2.75, 3.05) is 11.5 Å². The number of hydrogen-bond donors (Lipinski definition) is 0. The van der Waals surface area contributed by atoms with E-state index in [0.717, 1.165) is 21.3 Å². The highest BCUT2D eigenvalue weighted by Crippen LogP contribution is 2.23. The molecule has 0 unspecified atom stereocenters. The molecule has 2 rings (SSSR count). The third-order valence-corrected chi connectivity index (χ3v) is 8.17. The Labute approximate surface area is 216 Å². The van der Waals surface area contributed by atoms with Crippen LogP contribution < -0.4 is 0 Å². The van der Waals surface area contributed by atoms with E-state index in [4.69, 9.17) is 0 Å². The maximum absolute atomic E-state index is 12.7. The minimum atomic E-state index is -0.431. The molecule has 0 fully saturated rings. The Kier molecular flexibility index (Phi) is 15.1. The Balaban J connectivity index is 1.73. The van der Waals surface area contributed by atoms with Gasteiger partial charge in [-0.15, -0.1) is 23.5 Å². The summed E-state index contributed by atoms with van der Waals surface area (Å²) in [5.74, 6) is 1.34. The van der Waals surface area contributed by atoms with Crippen LogP contribution in [0.25, 0.3) is 0 Å². The van der Waals surface area contributed by atoms with Gasteiger partial charge >= 0.3 is 0 Å². The number of benzene rings is 2. The van der Waals surface area contributed by atoms with Crippen LogP contribution in [-0.2, 0) is 0 Å². The Morgan fingerprint density at radius 1 is 0.500 bits per heavy atom. The van der Waals surface area contributed by atoms with E-state index in [9.17, 15) is 9.59 Å². The lowest BCUT2D eigenvalue weighted by molar-refractivity contribution is 0.0817. The van der Waals surface area contributed by atoms with Gasteiger partial charge in [0, 0.05) is 20.9 Å². The molecule has 0 aliphatic heterocycles. The molecule has 0 saturated carbocycles. The summed E-state index contributed by atoms with van der Waals surface area (Å²) < 4.78 is 0. The van der Waals surface area contributed by atoms with Crippen molar-refractivity contribution in [3.63, 3.8) is 0 Å². The summed E-state index contributed by atoms with van der Waals surface area (Å²) in [6.07, 6.45) is 15.6. The van der Waals surface area contributed by atoms with Gasteiger partial charge in [0.1, 0.15) is 0 Å². The molecule has 0 aromatic heterocycles. The van der Waals surface area contributed by atoms with E-state index >= 15 is 0 Å². The molecule has 2 aromatic carbocycles. The number of unbranched alkanes of at least 4 members (excludes halogenated alkanes) is 10. The van der Waals surface area contributed by atoms with Gasteiger partial charge in [-0.25, -0.2) is 0 Å². The smallest absolute Gasteiger partial charge is 0.233 e. The zero-order valence-corrected chi connectivity index (χ0v) is 22.8. The van der Waals surface area contributed by atoms with Gasteiger partial charge in [-0.05, 0) is 72.9 Å². The molecule has 0 spiro atoms. The first-order valence-corrected chi connectivity index (χ1v) is 15.2. The van der Waals surface area contributed by atoms with Gasteiger partial charge in [0.05, 0.1) is 0 Å². The number of thioether (sulfide) groups is 2. The molecule has 4 heteroatoms. The van der Waals surface area contributed by atoms with Crippen LogP contribution in [0.3, 0.4) is 0 Å². The minimum Gasteiger partial charge on any atom is -0.285 e. The van der Waals surface area contributed by atoms with Gasteiger partial charge in [0.25, 0.3) is 0 Å². The van der Waals surface area contributed by atoms with Crippen LogP contribution in [0.15, 0.2) is 58.3 Å². The SMILES string of the molecule is CCCCCCCCSc1ccc(C(=O)C(=O)c2ccc(SCCCCCCCC)cc2)cc1. The third kappa shape index (κ3) is 11.3. The summed E-state index contributed by atoms with van der Waals surface area (Å²) in [6.45, 7) is 4.48. The van der Waals surface area contributed by atoms with Crippen molar-refractivity contribution in [2.24, 2.45) is 0 Å². The zero-order valence-electron chi connectivity index (χ0n) is 21.2. The molecular weight excluding hydrogens is 456 g/mol. The van der Waals surface area contributed by atoms with Crippen molar-refractivity contribution in [3.8, 4) is 0 Å². The number of hydrogen-bond acceptors (Lipinski definition) is 4. The first kappa shape index (κ1) is 28.7. The summed E-state index contributed by atoms with van der Waals surface area (Å²) in [4.78, 5) is 27.7. The fraction of sp³-hybridized carbons (Fsp3) is 0.533. The lowest BCUT2D eigenvalue weighted by Crippen LogP contribution is -2.14. The first-order valence-electron chi connectivity index (χ1n) is 13.2. The van der Waals surface area contributed by atoms with Crippen molar-refractivity contribution in [1.29, 1.82) is 0 Å². The molecule has 0 heterocycles. The number of Topliss-reactive ketones (excluding diaryl/α,β-unsaturated/α-hetero) is 2. The highest BCUT2D eigenvalue weighted by atomic mass is 32.2. The monoisotopic (exact) mass is 498 g/mol. The fourth-order valence-electron chi connectivity index (χ4n) is 3.81. The number of carbonyl (C=O) groups excluding carboxylic acids is 2. The van der Waals surface area contributed by atoms with Crippen molar-refractivity contribution < 1.29 is 9.59 Å². The quantitative estimate of drug-likeness (QED) is 0.0835. The third-order valence-electron chi connectivity index (χ3n) is 5.97. The average Bonchev–Trinajstić information content (AvgIpc) is 2.87. The summed E-state index contributed by atoms with van der Waals surface area (Å²) in [7, 11) is 0. The molecule has 0 saturated heterocycles. The average molecular weight is 499 g/mol. The van der Waals surface area contributed by atoms with Crippen molar-refractivity contribution in [3.05, 3.63) is 59.7 Å². The number of carbonyl (C=O) groups is 2.